The highest BCUT2D eigenvalue weighted by molar-refractivity contribution is 6.06. The molecule has 0 unspecified atom stereocenters. The monoisotopic (exact) mass is 375 g/mol. The number of benzene rings is 3. The number of ether oxygens (including phenoxy) is 2. The maximum atomic E-state index is 12.7. The quantitative estimate of drug-likeness (QED) is 0.607. The number of para-hydroxylation sites is 2. The van der Waals surface area contributed by atoms with E-state index in [0.29, 0.717) is 28.3 Å². The van der Waals surface area contributed by atoms with Crippen LogP contribution < -0.4 is 14.8 Å². The highest BCUT2D eigenvalue weighted by atomic mass is 16.5. The molecule has 3 rings (SSSR count). The minimum Gasteiger partial charge on any atom is -0.496 e. The van der Waals surface area contributed by atoms with Crippen molar-refractivity contribution in [1.82, 2.24) is 0 Å². The van der Waals surface area contributed by atoms with Crippen molar-refractivity contribution in [3.05, 3.63) is 89.5 Å². The summed E-state index contributed by atoms with van der Waals surface area (Å²) >= 11 is 0. The molecule has 0 aliphatic carbocycles. The molecule has 5 heteroatoms. The van der Waals surface area contributed by atoms with Gasteiger partial charge in [0, 0.05) is 16.8 Å². The average molecular weight is 375 g/mol. The van der Waals surface area contributed by atoms with Crippen LogP contribution in [0, 0.1) is 0 Å². The van der Waals surface area contributed by atoms with Crippen molar-refractivity contribution in [3.63, 3.8) is 0 Å². The summed E-state index contributed by atoms with van der Waals surface area (Å²) < 4.78 is 11.3. The molecule has 0 saturated carbocycles. The summed E-state index contributed by atoms with van der Waals surface area (Å²) in [6.07, 6.45) is 0. The van der Waals surface area contributed by atoms with Crippen LogP contribution in [0.5, 0.6) is 11.5 Å². The standard InChI is InChI=1S/C23H21NO4/c1-16(25)17-12-13-21(27-2)18(14-17)15-28-22-11-7-6-10-20(22)23(26)24-19-8-4-3-5-9-19/h3-14H,15H2,1-2H3,(H,24,26). The molecule has 0 atom stereocenters. The van der Waals surface area contributed by atoms with E-state index in [4.69, 9.17) is 9.47 Å². The van der Waals surface area contributed by atoms with Gasteiger partial charge in [-0.25, -0.2) is 0 Å². The van der Waals surface area contributed by atoms with Gasteiger partial charge in [0.1, 0.15) is 18.1 Å². The van der Waals surface area contributed by atoms with Crippen LogP contribution in [0.2, 0.25) is 0 Å². The van der Waals surface area contributed by atoms with Crippen molar-refractivity contribution in [2.75, 3.05) is 12.4 Å². The van der Waals surface area contributed by atoms with E-state index >= 15 is 0 Å². The number of methoxy groups -OCH3 is 1. The van der Waals surface area contributed by atoms with Gasteiger partial charge >= 0.3 is 0 Å². The molecule has 1 N–H and O–H groups in total. The number of rotatable bonds is 7. The van der Waals surface area contributed by atoms with E-state index in [0.717, 1.165) is 5.56 Å². The second-order valence-corrected chi connectivity index (χ2v) is 6.19. The Morgan fingerprint density at radius 1 is 0.893 bits per heavy atom. The number of anilines is 1. The maximum Gasteiger partial charge on any atom is 0.259 e. The van der Waals surface area contributed by atoms with E-state index in [-0.39, 0.29) is 18.3 Å². The highest BCUT2D eigenvalue weighted by Gasteiger charge is 2.14. The first-order chi connectivity index (χ1) is 13.6. The summed E-state index contributed by atoms with van der Waals surface area (Å²) in [4.78, 5) is 24.3. The first-order valence-electron chi connectivity index (χ1n) is 8.84. The van der Waals surface area contributed by atoms with Crippen LogP contribution in [-0.4, -0.2) is 18.8 Å². The second-order valence-electron chi connectivity index (χ2n) is 6.19. The Labute approximate surface area is 163 Å². The van der Waals surface area contributed by atoms with E-state index in [9.17, 15) is 9.59 Å². The van der Waals surface area contributed by atoms with Gasteiger partial charge in [-0.05, 0) is 49.4 Å². The number of nitrogens with one attached hydrogen (secondary N) is 1. The van der Waals surface area contributed by atoms with Crippen LogP contribution in [0.1, 0.15) is 33.2 Å². The van der Waals surface area contributed by atoms with Crippen LogP contribution in [0.4, 0.5) is 5.69 Å². The fraction of sp³-hybridized carbons (Fsp3) is 0.130. The van der Waals surface area contributed by atoms with Crippen molar-refractivity contribution in [2.24, 2.45) is 0 Å². The summed E-state index contributed by atoms with van der Waals surface area (Å²) in [5.41, 5.74) is 2.44. The summed E-state index contributed by atoms with van der Waals surface area (Å²) in [6, 6.07) is 21.5. The first-order valence-corrected chi connectivity index (χ1v) is 8.84. The topological polar surface area (TPSA) is 64.6 Å². The molecule has 28 heavy (non-hydrogen) atoms. The molecule has 142 valence electrons. The van der Waals surface area contributed by atoms with Gasteiger partial charge in [0.25, 0.3) is 5.91 Å². The normalized spacial score (nSPS) is 10.2. The predicted molar refractivity (Wildman–Crippen MR) is 108 cm³/mol. The van der Waals surface area contributed by atoms with E-state index in [1.165, 1.54) is 6.92 Å². The third-order valence-corrected chi connectivity index (χ3v) is 4.23. The molecule has 3 aromatic rings. The van der Waals surface area contributed by atoms with Gasteiger partial charge in [0.05, 0.1) is 12.7 Å². The summed E-state index contributed by atoms with van der Waals surface area (Å²) in [7, 11) is 1.56. The Hall–Kier alpha value is -3.60. The molecule has 0 aromatic heterocycles. The fourth-order valence-electron chi connectivity index (χ4n) is 2.77. The number of hydrogen-bond acceptors (Lipinski definition) is 4. The van der Waals surface area contributed by atoms with Crippen molar-refractivity contribution in [3.8, 4) is 11.5 Å². The van der Waals surface area contributed by atoms with E-state index in [1.807, 2.05) is 30.3 Å². The largest absolute Gasteiger partial charge is 0.496 e. The minimum atomic E-state index is -0.258. The third kappa shape index (κ3) is 4.57. The van der Waals surface area contributed by atoms with Crippen molar-refractivity contribution >= 4 is 17.4 Å². The lowest BCUT2D eigenvalue weighted by Crippen LogP contribution is -2.13. The van der Waals surface area contributed by atoms with Crippen LogP contribution in [0.25, 0.3) is 0 Å². The van der Waals surface area contributed by atoms with Gasteiger partial charge in [-0.15, -0.1) is 0 Å². The lowest BCUT2D eigenvalue weighted by molar-refractivity contribution is 0.101. The molecule has 0 aliphatic rings. The van der Waals surface area contributed by atoms with E-state index < -0.39 is 0 Å². The maximum absolute atomic E-state index is 12.7. The van der Waals surface area contributed by atoms with Crippen LogP contribution in [0.3, 0.4) is 0 Å². The number of amides is 1. The molecular formula is C23H21NO4. The zero-order valence-corrected chi connectivity index (χ0v) is 15.8. The van der Waals surface area contributed by atoms with Crippen molar-refractivity contribution in [1.29, 1.82) is 0 Å². The molecule has 1 amide bonds. The highest BCUT2D eigenvalue weighted by Crippen LogP contribution is 2.25. The van der Waals surface area contributed by atoms with Crippen molar-refractivity contribution in [2.45, 2.75) is 13.5 Å². The summed E-state index contributed by atoms with van der Waals surface area (Å²) in [6.45, 7) is 1.68. The van der Waals surface area contributed by atoms with Gasteiger partial charge in [-0.3, -0.25) is 9.59 Å². The van der Waals surface area contributed by atoms with Crippen LogP contribution in [0.15, 0.2) is 72.8 Å². The number of ketones is 1. The molecule has 0 radical (unpaired) electrons. The smallest absolute Gasteiger partial charge is 0.259 e. The molecule has 0 heterocycles. The van der Waals surface area contributed by atoms with Crippen LogP contribution in [-0.2, 0) is 6.61 Å². The molecule has 0 spiro atoms. The molecule has 0 saturated heterocycles. The van der Waals surface area contributed by atoms with Gasteiger partial charge in [0.15, 0.2) is 5.78 Å². The molecule has 0 bridgehead atoms. The first kappa shape index (κ1) is 19.2. The van der Waals surface area contributed by atoms with Gasteiger partial charge in [-0.2, -0.15) is 0 Å². The molecule has 0 aliphatic heterocycles. The Morgan fingerprint density at radius 2 is 1.61 bits per heavy atom. The molecule has 0 fully saturated rings. The third-order valence-electron chi connectivity index (χ3n) is 4.23. The Balaban J connectivity index is 1.80. The lowest BCUT2D eigenvalue weighted by atomic mass is 10.1. The summed E-state index contributed by atoms with van der Waals surface area (Å²) in [5.74, 6) is 0.778. The van der Waals surface area contributed by atoms with E-state index in [2.05, 4.69) is 5.32 Å². The summed E-state index contributed by atoms with van der Waals surface area (Å²) in [5, 5.41) is 2.86. The van der Waals surface area contributed by atoms with Gasteiger partial charge < -0.3 is 14.8 Å². The van der Waals surface area contributed by atoms with Crippen LogP contribution >= 0.6 is 0 Å². The number of Topliss-reactive ketones (excluding diaryl/α,β-unsaturated/α-hetero) is 1. The Morgan fingerprint density at radius 3 is 2.32 bits per heavy atom. The predicted octanol–water partition coefficient (Wildman–Crippen LogP) is 4.73. The van der Waals surface area contributed by atoms with Gasteiger partial charge in [-0.1, -0.05) is 30.3 Å². The number of hydrogen-bond donors (Lipinski definition) is 1. The number of carbonyl (C=O) groups excluding carboxylic acids is 2. The minimum absolute atomic E-state index is 0.0356. The van der Waals surface area contributed by atoms with E-state index in [1.54, 1.807) is 49.6 Å². The zero-order valence-electron chi connectivity index (χ0n) is 15.8. The molecule has 3 aromatic carbocycles. The lowest BCUT2D eigenvalue weighted by Gasteiger charge is -2.14. The zero-order chi connectivity index (χ0) is 19.9. The SMILES string of the molecule is COc1ccc(C(C)=O)cc1COc1ccccc1C(=O)Nc1ccccc1. The average Bonchev–Trinajstić information content (AvgIpc) is 2.72. The van der Waals surface area contributed by atoms with Gasteiger partial charge in [0.2, 0.25) is 0 Å². The molecular weight excluding hydrogens is 354 g/mol. The number of carbonyl (C=O) groups is 2. The fourth-order valence-corrected chi connectivity index (χ4v) is 2.77. The Bertz CT molecular complexity index is 983. The molecule has 5 nitrogen and oxygen atoms in total. The van der Waals surface area contributed by atoms with Crippen molar-refractivity contribution < 1.29 is 19.1 Å². The second kappa shape index (κ2) is 8.86. The Kier molecular flexibility index (Phi) is 6.07.